The lowest BCUT2D eigenvalue weighted by molar-refractivity contribution is 0.00534. The van der Waals surface area contributed by atoms with Crippen molar-refractivity contribution >= 4 is 29.9 Å². The Kier molecular flexibility index (Phi) is 13.2. The molecule has 2 N–H and O–H groups in total. The second kappa shape index (κ2) is 15.9. The quantitative estimate of drug-likeness (QED) is 0.186. The molecule has 33 heavy (non-hydrogen) atoms. The molecule has 0 unspecified atom stereocenters. The van der Waals surface area contributed by atoms with E-state index in [0.717, 1.165) is 76.7 Å². The largest absolute Gasteiger partial charge is 0.496 e. The second-order valence-corrected chi connectivity index (χ2v) is 8.17. The van der Waals surface area contributed by atoms with Gasteiger partial charge < -0.3 is 20.1 Å². The number of aliphatic imine (C=N–C) groups is 1. The molecule has 1 saturated heterocycles. The summed E-state index contributed by atoms with van der Waals surface area (Å²) in [6.45, 7) is 5.70. The van der Waals surface area contributed by atoms with Crippen LogP contribution in [-0.4, -0.2) is 63.9 Å². The normalized spacial score (nSPS) is 15.0. The van der Waals surface area contributed by atoms with Crippen molar-refractivity contribution in [2.75, 3.05) is 46.9 Å². The Morgan fingerprint density at radius 1 is 1.00 bits per heavy atom. The Morgan fingerprint density at radius 3 is 2.42 bits per heavy atom. The summed E-state index contributed by atoms with van der Waals surface area (Å²) in [6.07, 6.45) is 4.48. The summed E-state index contributed by atoms with van der Waals surface area (Å²) in [7, 11) is 3.51. The minimum absolute atomic E-state index is 0. The molecule has 0 radical (unpaired) electrons. The molecule has 1 aliphatic heterocycles. The van der Waals surface area contributed by atoms with Crippen LogP contribution in [-0.2, 0) is 17.7 Å². The average molecular weight is 567 g/mol. The highest BCUT2D eigenvalue weighted by Gasteiger charge is 2.19. The highest BCUT2D eigenvalue weighted by atomic mass is 127. The maximum absolute atomic E-state index is 6.12. The van der Waals surface area contributed by atoms with Gasteiger partial charge in [0.2, 0.25) is 0 Å². The molecule has 1 fully saturated rings. The molecule has 0 aliphatic carbocycles. The van der Waals surface area contributed by atoms with Crippen LogP contribution in [0.5, 0.6) is 5.75 Å². The lowest BCUT2D eigenvalue weighted by Crippen LogP contribution is -2.39. The molecule has 1 aliphatic rings. The Balaban J connectivity index is 0.00000385. The summed E-state index contributed by atoms with van der Waals surface area (Å²) in [5.74, 6) is 1.76. The number of likely N-dealkylation sites (tertiary alicyclic amines) is 1. The number of para-hydroxylation sites is 1. The summed E-state index contributed by atoms with van der Waals surface area (Å²) in [4.78, 5) is 6.83. The molecule has 0 aromatic heterocycles. The fourth-order valence-electron chi connectivity index (χ4n) is 4.05. The van der Waals surface area contributed by atoms with Crippen molar-refractivity contribution < 1.29 is 9.47 Å². The molecular weight excluding hydrogens is 527 g/mol. The van der Waals surface area contributed by atoms with Crippen molar-refractivity contribution in [2.24, 2.45) is 4.99 Å². The zero-order valence-corrected chi connectivity index (χ0v) is 22.3. The molecule has 2 aromatic carbocycles. The predicted molar refractivity (Wildman–Crippen MR) is 147 cm³/mol. The number of methoxy groups -OCH3 is 1. The van der Waals surface area contributed by atoms with Crippen LogP contribution in [0.2, 0.25) is 0 Å². The zero-order chi connectivity index (χ0) is 22.4. The molecule has 0 atom stereocenters. The zero-order valence-electron chi connectivity index (χ0n) is 20.0. The molecule has 0 saturated carbocycles. The van der Waals surface area contributed by atoms with Crippen LogP contribution in [0.3, 0.4) is 0 Å². The summed E-state index contributed by atoms with van der Waals surface area (Å²) >= 11 is 0. The van der Waals surface area contributed by atoms with Gasteiger partial charge in [-0.3, -0.25) is 9.89 Å². The summed E-state index contributed by atoms with van der Waals surface area (Å²) < 4.78 is 11.5. The van der Waals surface area contributed by atoms with Gasteiger partial charge >= 0.3 is 0 Å². The van der Waals surface area contributed by atoms with Gasteiger partial charge in [-0.15, -0.1) is 24.0 Å². The molecule has 0 amide bonds. The Hall–Kier alpha value is -1.84. The third-order valence-corrected chi connectivity index (χ3v) is 5.85. The van der Waals surface area contributed by atoms with Crippen molar-refractivity contribution in [1.29, 1.82) is 0 Å². The number of piperidine rings is 1. The molecule has 2 aromatic rings. The summed E-state index contributed by atoms with van der Waals surface area (Å²) in [6, 6.07) is 18.8. The minimum atomic E-state index is 0. The van der Waals surface area contributed by atoms with Gasteiger partial charge in [-0.1, -0.05) is 48.5 Å². The van der Waals surface area contributed by atoms with Gasteiger partial charge in [0, 0.05) is 46.4 Å². The van der Waals surface area contributed by atoms with E-state index >= 15 is 0 Å². The first kappa shape index (κ1) is 27.4. The van der Waals surface area contributed by atoms with E-state index in [0.29, 0.717) is 6.10 Å². The van der Waals surface area contributed by atoms with E-state index in [9.17, 15) is 0 Å². The molecule has 0 bridgehead atoms. The van der Waals surface area contributed by atoms with Crippen molar-refractivity contribution in [3.05, 3.63) is 65.7 Å². The number of ether oxygens (including phenoxy) is 2. The number of hydrogen-bond acceptors (Lipinski definition) is 4. The predicted octanol–water partition coefficient (Wildman–Crippen LogP) is 4.09. The topological polar surface area (TPSA) is 58.1 Å². The van der Waals surface area contributed by atoms with Crippen LogP contribution in [0.15, 0.2) is 59.6 Å². The number of halogens is 1. The maximum atomic E-state index is 6.12. The molecule has 1 heterocycles. The Labute approximate surface area is 216 Å². The number of nitrogens with zero attached hydrogens (tertiary/aromatic N) is 2. The number of guanidine groups is 1. The van der Waals surface area contributed by atoms with Crippen LogP contribution in [0.4, 0.5) is 0 Å². The third kappa shape index (κ3) is 9.90. The van der Waals surface area contributed by atoms with Gasteiger partial charge in [-0.2, -0.15) is 0 Å². The van der Waals surface area contributed by atoms with Crippen molar-refractivity contribution in [1.82, 2.24) is 15.5 Å². The van der Waals surface area contributed by atoms with Gasteiger partial charge in [0.1, 0.15) is 5.75 Å². The van der Waals surface area contributed by atoms with Crippen molar-refractivity contribution in [3.8, 4) is 5.75 Å². The lowest BCUT2D eigenvalue weighted by Gasteiger charge is -2.32. The Morgan fingerprint density at radius 2 is 1.70 bits per heavy atom. The van der Waals surface area contributed by atoms with Crippen molar-refractivity contribution in [2.45, 2.75) is 38.3 Å². The van der Waals surface area contributed by atoms with Gasteiger partial charge in [-0.05, 0) is 42.9 Å². The number of hydrogen-bond donors (Lipinski definition) is 2. The van der Waals surface area contributed by atoms with E-state index in [4.69, 9.17) is 9.47 Å². The standard InChI is InChI=1S/C26H38N4O2.HI/c1-27-26(29-17-13-23-11-6-7-12-25(23)31-2)28-16-8-20-32-24-14-18-30(19-15-24)21-22-9-4-3-5-10-22;/h3-7,9-12,24H,8,13-21H2,1-2H3,(H2,27,28,29);1H. The van der Waals surface area contributed by atoms with E-state index < -0.39 is 0 Å². The SMILES string of the molecule is CN=C(NCCCOC1CCN(Cc2ccccc2)CC1)NCCc1ccccc1OC.I. The number of benzene rings is 2. The van der Waals surface area contributed by atoms with E-state index in [1.165, 1.54) is 11.1 Å². The molecule has 7 heteroatoms. The first-order valence-corrected chi connectivity index (χ1v) is 11.7. The average Bonchev–Trinajstić information content (AvgIpc) is 2.84. The molecule has 182 valence electrons. The van der Waals surface area contributed by atoms with Crippen LogP contribution in [0, 0.1) is 0 Å². The molecule has 6 nitrogen and oxygen atoms in total. The van der Waals surface area contributed by atoms with Crippen molar-refractivity contribution in [3.63, 3.8) is 0 Å². The second-order valence-electron chi connectivity index (χ2n) is 8.17. The molecule has 0 spiro atoms. The summed E-state index contributed by atoms with van der Waals surface area (Å²) in [5, 5.41) is 6.75. The summed E-state index contributed by atoms with van der Waals surface area (Å²) in [5.41, 5.74) is 2.59. The van der Waals surface area contributed by atoms with E-state index in [2.05, 4.69) is 56.9 Å². The molecular formula is C26H39IN4O2. The van der Waals surface area contributed by atoms with Gasteiger partial charge in [-0.25, -0.2) is 0 Å². The number of rotatable bonds is 11. The van der Waals surface area contributed by atoms with Crippen LogP contribution < -0.4 is 15.4 Å². The van der Waals surface area contributed by atoms with Gasteiger partial charge in [0.15, 0.2) is 5.96 Å². The highest BCUT2D eigenvalue weighted by molar-refractivity contribution is 14.0. The van der Waals surface area contributed by atoms with E-state index in [1.54, 1.807) is 14.2 Å². The monoisotopic (exact) mass is 566 g/mol. The maximum Gasteiger partial charge on any atom is 0.190 e. The van der Waals surface area contributed by atoms with E-state index in [1.807, 2.05) is 18.2 Å². The van der Waals surface area contributed by atoms with E-state index in [-0.39, 0.29) is 24.0 Å². The minimum Gasteiger partial charge on any atom is -0.496 e. The Bertz CT molecular complexity index is 811. The van der Waals surface area contributed by atoms with Gasteiger partial charge in [0.25, 0.3) is 0 Å². The van der Waals surface area contributed by atoms with Gasteiger partial charge in [0.05, 0.1) is 13.2 Å². The van der Waals surface area contributed by atoms with Crippen LogP contribution in [0.1, 0.15) is 30.4 Å². The van der Waals surface area contributed by atoms with Crippen LogP contribution >= 0.6 is 24.0 Å². The fraction of sp³-hybridized carbons (Fsp3) is 0.500. The lowest BCUT2D eigenvalue weighted by atomic mass is 10.1. The van der Waals surface area contributed by atoms with Crippen LogP contribution in [0.25, 0.3) is 0 Å². The highest BCUT2D eigenvalue weighted by Crippen LogP contribution is 2.17. The third-order valence-electron chi connectivity index (χ3n) is 5.85. The first-order valence-electron chi connectivity index (χ1n) is 11.7. The smallest absolute Gasteiger partial charge is 0.190 e. The first-order chi connectivity index (χ1) is 15.8. The number of nitrogens with one attached hydrogen (secondary N) is 2. The molecule has 3 rings (SSSR count). The fourth-order valence-corrected chi connectivity index (χ4v) is 4.05.